The van der Waals surface area contributed by atoms with Gasteiger partial charge in [0.15, 0.2) is 0 Å². The summed E-state index contributed by atoms with van der Waals surface area (Å²) in [5.41, 5.74) is 0.0596. The Hall–Kier alpha value is -1.10. The van der Waals surface area contributed by atoms with Crippen LogP contribution in [0.3, 0.4) is 0 Å². The maximum atomic E-state index is 4.48. The molecule has 0 bridgehead atoms. The summed E-state index contributed by atoms with van der Waals surface area (Å²) in [6, 6.07) is 0. The summed E-state index contributed by atoms with van der Waals surface area (Å²) in [5.74, 6) is 2.64. The quantitative estimate of drug-likeness (QED) is 0.855. The van der Waals surface area contributed by atoms with Gasteiger partial charge in [0, 0.05) is 18.5 Å². The molecule has 0 aliphatic carbocycles. The second-order valence-corrected chi connectivity index (χ2v) is 5.89. The number of hydrogen-bond acceptors (Lipinski definition) is 4. The van der Waals surface area contributed by atoms with E-state index in [9.17, 15) is 0 Å². The van der Waals surface area contributed by atoms with Crippen molar-refractivity contribution in [3.05, 3.63) is 5.82 Å². The van der Waals surface area contributed by atoms with Gasteiger partial charge < -0.3 is 10.6 Å². The van der Waals surface area contributed by atoms with Gasteiger partial charge in [-0.25, -0.2) is 0 Å². The summed E-state index contributed by atoms with van der Waals surface area (Å²) >= 11 is 0. The van der Waals surface area contributed by atoms with E-state index in [-0.39, 0.29) is 5.41 Å². The molecule has 5 heteroatoms. The van der Waals surface area contributed by atoms with Crippen LogP contribution < -0.4 is 10.6 Å². The highest BCUT2D eigenvalue weighted by molar-refractivity contribution is 5.28. The van der Waals surface area contributed by atoms with Crippen LogP contribution in [0.1, 0.15) is 46.4 Å². The number of hydrogen-bond donors (Lipinski definition) is 2. The van der Waals surface area contributed by atoms with E-state index in [2.05, 4.69) is 53.1 Å². The first-order valence-electron chi connectivity index (χ1n) is 7.49. The number of piperidine rings is 1. The van der Waals surface area contributed by atoms with Crippen LogP contribution in [-0.2, 0) is 12.0 Å². The van der Waals surface area contributed by atoms with Gasteiger partial charge in [0.1, 0.15) is 5.82 Å². The van der Waals surface area contributed by atoms with Gasteiger partial charge in [-0.3, -0.25) is 4.57 Å². The zero-order chi connectivity index (χ0) is 13.9. The molecule has 2 heterocycles. The van der Waals surface area contributed by atoms with Gasteiger partial charge in [-0.05, 0) is 45.7 Å². The fourth-order valence-electron chi connectivity index (χ4n) is 3.02. The van der Waals surface area contributed by atoms with Crippen molar-refractivity contribution in [3.8, 4) is 0 Å². The topological polar surface area (TPSA) is 54.8 Å². The Morgan fingerprint density at radius 2 is 2.16 bits per heavy atom. The molecule has 1 unspecified atom stereocenters. The van der Waals surface area contributed by atoms with E-state index in [0.717, 1.165) is 38.0 Å². The minimum absolute atomic E-state index is 0.0596. The molecule has 19 heavy (non-hydrogen) atoms. The lowest BCUT2D eigenvalue weighted by atomic mass is 9.74. The van der Waals surface area contributed by atoms with Crippen molar-refractivity contribution in [1.29, 1.82) is 0 Å². The molecular weight excluding hydrogens is 238 g/mol. The van der Waals surface area contributed by atoms with Gasteiger partial charge in [0.2, 0.25) is 5.95 Å². The summed E-state index contributed by atoms with van der Waals surface area (Å²) in [4.78, 5) is 0. The molecule has 1 saturated heterocycles. The number of aromatic nitrogens is 3. The summed E-state index contributed by atoms with van der Waals surface area (Å²) in [6.45, 7) is 12.9. The molecule has 1 aromatic rings. The Balaban J connectivity index is 2.28. The molecule has 2 N–H and O–H groups in total. The fourth-order valence-corrected chi connectivity index (χ4v) is 3.02. The molecule has 5 nitrogen and oxygen atoms in total. The van der Waals surface area contributed by atoms with Gasteiger partial charge in [-0.15, -0.1) is 10.2 Å². The molecule has 1 aliphatic rings. The van der Waals surface area contributed by atoms with Crippen LogP contribution in [0.15, 0.2) is 0 Å². The predicted octanol–water partition coefficient (Wildman–Crippen LogP) is 2.01. The Kier molecular flexibility index (Phi) is 4.45. The minimum Gasteiger partial charge on any atom is -0.355 e. The largest absolute Gasteiger partial charge is 0.355 e. The molecule has 108 valence electrons. The summed E-state index contributed by atoms with van der Waals surface area (Å²) in [7, 11) is 0. The van der Waals surface area contributed by atoms with Crippen LogP contribution in [0, 0.1) is 5.92 Å². The van der Waals surface area contributed by atoms with Gasteiger partial charge >= 0.3 is 0 Å². The molecule has 0 saturated carbocycles. The molecule has 0 amide bonds. The first-order valence-corrected chi connectivity index (χ1v) is 7.49. The molecule has 1 fully saturated rings. The van der Waals surface area contributed by atoms with Gasteiger partial charge in [0.05, 0.1) is 0 Å². The van der Waals surface area contributed by atoms with Crippen molar-refractivity contribution < 1.29 is 0 Å². The molecule has 1 aromatic heterocycles. The van der Waals surface area contributed by atoms with E-state index in [1.165, 1.54) is 12.8 Å². The summed E-state index contributed by atoms with van der Waals surface area (Å²) < 4.78 is 2.22. The van der Waals surface area contributed by atoms with E-state index in [1.54, 1.807) is 0 Å². The Labute approximate surface area is 116 Å². The maximum absolute atomic E-state index is 4.48. The molecular formula is C14H27N5. The van der Waals surface area contributed by atoms with Crippen LogP contribution in [0.4, 0.5) is 5.95 Å². The molecule has 2 rings (SSSR count). The first kappa shape index (κ1) is 14.3. The zero-order valence-corrected chi connectivity index (χ0v) is 12.7. The van der Waals surface area contributed by atoms with E-state index in [4.69, 9.17) is 0 Å². The van der Waals surface area contributed by atoms with Crippen molar-refractivity contribution in [2.75, 3.05) is 25.0 Å². The Morgan fingerprint density at radius 3 is 2.74 bits per heavy atom. The van der Waals surface area contributed by atoms with Crippen LogP contribution in [0.25, 0.3) is 0 Å². The zero-order valence-electron chi connectivity index (χ0n) is 12.7. The average molecular weight is 265 g/mol. The molecule has 1 atom stereocenters. The highest BCUT2D eigenvalue weighted by Gasteiger charge is 2.36. The number of nitrogens with zero attached hydrogens (tertiary/aromatic N) is 3. The third-order valence-electron chi connectivity index (χ3n) is 4.30. The molecule has 1 aliphatic heterocycles. The van der Waals surface area contributed by atoms with Gasteiger partial charge in [-0.1, -0.05) is 13.8 Å². The molecule has 0 spiro atoms. The van der Waals surface area contributed by atoms with E-state index < -0.39 is 0 Å². The third-order valence-corrected chi connectivity index (χ3v) is 4.30. The van der Waals surface area contributed by atoms with Gasteiger partial charge in [0.25, 0.3) is 0 Å². The number of anilines is 1. The molecule has 0 aromatic carbocycles. The minimum atomic E-state index is 0.0596. The number of nitrogens with one attached hydrogen (secondary N) is 2. The predicted molar refractivity (Wildman–Crippen MR) is 78.5 cm³/mol. The van der Waals surface area contributed by atoms with Crippen molar-refractivity contribution in [1.82, 2.24) is 20.1 Å². The summed E-state index contributed by atoms with van der Waals surface area (Å²) in [6.07, 6.45) is 2.53. The molecule has 0 radical (unpaired) electrons. The van der Waals surface area contributed by atoms with Crippen molar-refractivity contribution >= 4 is 5.95 Å². The maximum Gasteiger partial charge on any atom is 0.224 e. The lowest BCUT2D eigenvalue weighted by molar-refractivity contribution is 0.235. The monoisotopic (exact) mass is 265 g/mol. The normalized spacial score (nSPS) is 20.5. The SMILES string of the molecule is CCNc1nnc(C(C)(C)C2CCCNC2)n1CC. The highest BCUT2D eigenvalue weighted by atomic mass is 15.4. The Morgan fingerprint density at radius 1 is 1.37 bits per heavy atom. The second kappa shape index (κ2) is 5.90. The average Bonchev–Trinajstić information content (AvgIpc) is 2.84. The Bertz CT molecular complexity index is 404. The lowest BCUT2D eigenvalue weighted by Crippen LogP contribution is -2.42. The number of rotatable bonds is 5. The lowest BCUT2D eigenvalue weighted by Gasteiger charge is -2.36. The van der Waals surface area contributed by atoms with Crippen LogP contribution in [0.2, 0.25) is 0 Å². The smallest absolute Gasteiger partial charge is 0.224 e. The van der Waals surface area contributed by atoms with E-state index >= 15 is 0 Å². The van der Waals surface area contributed by atoms with E-state index in [0.29, 0.717) is 5.92 Å². The standard InChI is InChI=1S/C14H27N5/c1-5-16-13-18-17-12(19(13)6-2)14(3,4)11-8-7-9-15-10-11/h11,15H,5-10H2,1-4H3,(H,16,18). The van der Waals surface area contributed by atoms with Crippen molar-refractivity contribution in [2.45, 2.75) is 52.5 Å². The van der Waals surface area contributed by atoms with E-state index in [1.807, 2.05) is 0 Å². The third kappa shape index (κ3) is 2.76. The van der Waals surface area contributed by atoms with Crippen LogP contribution >= 0.6 is 0 Å². The fraction of sp³-hybridized carbons (Fsp3) is 0.857. The van der Waals surface area contributed by atoms with Crippen LogP contribution in [0.5, 0.6) is 0 Å². The summed E-state index contributed by atoms with van der Waals surface area (Å²) in [5, 5.41) is 15.6. The highest BCUT2D eigenvalue weighted by Crippen LogP contribution is 2.35. The van der Waals surface area contributed by atoms with Gasteiger partial charge in [-0.2, -0.15) is 0 Å². The first-order chi connectivity index (χ1) is 9.11. The van der Waals surface area contributed by atoms with Crippen LogP contribution in [-0.4, -0.2) is 34.4 Å². The van der Waals surface area contributed by atoms with Crippen molar-refractivity contribution in [2.24, 2.45) is 5.92 Å². The van der Waals surface area contributed by atoms with Crippen molar-refractivity contribution in [3.63, 3.8) is 0 Å². The second-order valence-electron chi connectivity index (χ2n) is 5.89.